The highest BCUT2D eigenvalue weighted by Gasteiger charge is 2.30. The summed E-state index contributed by atoms with van der Waals surface area (Å²) in [6, 6.07) is 15.5. The number of carbonyl (C=O) groups is 1. The zero-order chi connectivity index (χ0) is 28.1. The summed E-state index contributed by atoms with van der Waals surface area (Å²) in [5, 5.41) is 13.1. The highest BCUT2D eigenvalue weighted by atomic mass is 16.6. The van der Waals surface area contributed by atoms with Crippen molar-refractivity contribution in [2.24, 2.45) is 5.92 Å². The van der Waals surface area contributed by atoms with Gasteiger partial charge >= 0.3 is 5.97 Å². The molecule has 0 fully saturated rings. The molecule has 0 saturated heterocycles. The van der Waals surface area contributed by atoms with Crippen molar-refractivity contribution < 1.29 is 19.0 Å². The van der Waals surface area contributed by atoms with Crippen LogP contribution in [0.25, 0.3) is 10.9 Å². The standard InChI is InChI=1S/C29H34N6O5/c1-4-38-26(36)18-35-28(31-32-33-35)27(19(2)3)34(11-10-20-8-6-5-7-9-20)17-22-14-21-15-24-25(40-13-12-39-24)16-23(21)30-29(22)37/h5-9,14-16,19,27H,4,10-13,17-18H2,1-3H3,(H,30,37)/t27-/m1/s1. The van der Waals surface area contributed by atoms with E-state index >= 15 is 0 Å². The molecule has 1 aliphatic heterocycles. The van der Waals surface area contributed by atoms with Crippen LogP contribution in [0.15, 0.2) is 53.3 Å². The van der Waals surface area contributed by atoms with Crippen molar-refractivity contribution in [3.63, 3.8) is 0 Å². The Labute approximate surface area is 232 Å². The molecule has 1 aliphatic rings. The van der Waals surface area contributed by atoms with E-state index in [1.807, 2.05) is 36.4 Å². The average Bonchev–Trinajstić information content (AvgIpc) is 3.38. The number of rotatable bonds is 11. The van der Waals surface area contributed by atoms with E-state index in [1.165, 1.54) is 10.2 Å². The lowest BCUT2D eigenvalue weighted by molar-refractivity contribution is -0.144. The Hall–Kier alpha value is -4.25. The van der Waals surface area contributed by atoms with Gasteiger partial charge in [-0.15, -0.1) is 5.10 Å². The number of nitrogens with zero attached hydrogens (tertiary/aromatic N) is 5. The molecule has 0 amide bonds. The van der Waals surface area contributed by atoms with Crippen LogP contribution in [0.5, 0.6) is 11.5 Å². The average molecular weight is 547 g/mol. The summed E-state index contributed by atoms with van der Waals surface area (Å²) in [5.74, 6) is 1.50. The number of tetrazole rings is 1. The topological polar surface area (TPSA) is 124 Å². The van der Waals surface area contributed by atoms with Gasteiger partial charge in [-0.1, -0.05) is 44.2 Å². The van der Waals surface area contributed by atoms with Crippen LogP contribution in [-0.4, -0.2) is 62.4 Å². The van der Waals surface area contributed by atoms with Crippen LogP contribution in [0.1, 0.15) is 43.8 Å². The first-order valence-corrected chi connectivity index (χ1v) is 13.6. The number of carbonyl (C=O) groups excluding carboxylic acids is 1. The Balaban J connectivity index is 1.50. The van der Waals surface area contributed by atoms with Crippen LogP contribution in [0.2, 0.25) is 0 Å². The fourth-order valence-electron chi connectivity index (χ4n) is 5.11. The number of aromatic amines is 1. The van der Waals surface area contributed by atoms with Gasteiger partial charge in [-0.25, -0.2) is 4.68 Å². The molecule has 0 saturated carbocycles. The number of H-pyrrole nitrogens is 1. The molecule has 0 spiro atoms. The molecule has 1 N–H and O–H groups in total. The van der Waals surface area contributed by atoms with Crippen LogP contribution < -0.4 is 15.0 Å². The molecule has 2 aromatic carbocycles. The lowest BCUT2D eigenvalue weighted by Gasteiger charge is -2.33. The van der Waals surface area contributed by atoms with Crippen molar-refractivity contribution in [1.82, 2.24) is 30.1 Å². The first-order chi connectivity index (χ1) is 19.4. The highest BCUT2D eigenvalue weighted by Crippen LogP contribution is 2.34. The first kappa shape index (κ1) is 27.3. The van der Waals surface area contributed by atoms with Crippen molar-refractivity contribution in [1.29, 1.82) is 0 Å². The Kier molecular flexibility index (Phi) is 8.40. The summed E-state index contributed by atoms with van der Waals surface area (Å²) in [7, 11) is 0. The van der Waals surface area contributed by atoms with E-state index in [2.05, 4.69) is 51.4 Å². The summed E-state index contributed by atoms with van der Waals surface area (Å²) in [4.78, 5) is 30.8. The van der Waals surface area contributed by atoms with Crippen LogP contribution in [0.4, 0.5) is 0 Å². The zero-order valence-electron chi connectivity index (χ0n) is 23.0. The van der Waals surface area contributed by atoms with Crippen LogP contribution in [0.3, 0.4) is 0 Å². The minimum Gasteiger partial charge on any atom is -0.486 e. The normalized spacial score (nSPS) is 13.6. The third-order valence-electron chi connectivity index (χ3n) is 6.92. The van der Waals surface area contributed by atoms with Gasteiger partial charge in [0.15, 0.2) is 17.3 Å². The smallest absolute Gasteiger partial charge is 0.327 e. The van der Waals surface area contributed by atoms with Gasteiger partial charge in [0.05, 0.1) is 18.2 Å². The van der Waals surface area contributed by atoms with Gasteiger partial charge in [0, 0.05) is 30.1 Å². The molecule has 11 nitrogen and oxygen atoms in total. The third-order valence-corrected chi connectivity index (χ3v) is 6.92. The summed E-state index contributed by atoms with van der Waals surface area (Å²) in [6.07, 6.45) is 0.758. The molecule has 0 bridgehead atoms. The van der Waals surface area contributed by atoms with Gasteiger partial charge in [0.25, 0.3) is 5.56 Å². The molecule has 4 aromatic rings. The molecule has 0 radical (unpaired) electrons. The molecule has 11 heteroatoms. The Morgan fingerprint density at radius 1 is 1.12 bits per heavy atom. The Morgan fingerprint density at radius 3 is 2.60 bits per heavy atom. The number of hydrogen-bond acceptors (Lipinski definition) is 9. The van der Waals surface area contributed by atoms with Gasteiger partial charge in [-0.05, 0) is 47.4 Å². The van der Waals surface area contributed by atoms with Gasteiger partial charge in [-0.3, -0.25) is 14.5 Å². The largest absolute Gasteiger partial charge is 0.486 e. The highest BCUT2D eigenvalue weighted by molar-refractivity contribution is 5.83. The van der Waals surface area contributed by atoms with Crippen molar-refractivity contribution >= 4 is 16.9 Å². The van der Waals surface area contributed by atoms with E-state index in [0.717, 1.165) is 11.8 Å². The molecule has 0 aliphatic carbocycles. The predicted octanol–water partition coefficient (Wildman–Crippen LogP) is 3.29. The summed E-state index contributed by atoms with van der Waals surface area (Å²) >= 11 is 0. The van der Waals surface area contributed by atoms with Crippen LogP contribution in [0, 0.1) is 5.92 Å². The monoisotopic (exact) mass is 546 g/mol. The van der Waals surface area contributed by atoms with Gasteiger partial charge in [-0.2, -0.15) is 0 Å². The van der Waals surface area contributed by atoms with E-state index in [9.17, 15) is 9.59 Å². The van der Waals surface area contributed by atoms with Crippen molar-refractivity contribution in [3.8, 4) is 11.5 Å². The number of esters is 1. The lowest BCUT2D eigenvalue weighted by atomic mass is 9.99. The van der Waals surface area contributed by atoms with E-state index < -0.39 is 5.97 Å². The first-order valence-electron chi connectivity index (χ1n) is 13.6. The van der Waals surface area contributed by atoms with Crippen molar-refractivity contribution in [2.45, 2.75) is 46.3 Å². The predicted molar refractivity (Wildman–Crippen MR) is 148 cm³/mol. The maximum atomic E-state index is 13.3. The third kappa shape index (κ3) is 6.15. The van der Waals surface area contributed by atoms with Gasteiger partial charge in [0.1, 0.15) is 19.8 Å². The number of benzene rings is 2. The molecule has 1 atom stereocenters. The molecule has 5 rings (SSSR count). The molecular weight excluding hydrogens is 512 g/mol. The fourth-order valence-corrected chi connectivity index (χ4v) is 5.11. The lowest BCUT2D eigenvalue weighted by Crippen LogP contribution is -2.37. The molecule has 210 valence electrons. The molecular formula is C29H34N6O5. The summed E-state index contributed by atoms with van der Waals surface area (Å²) < 4.78 is 18.1. The zero-order valence-corrected chi connectivity index (χ0v) is 23.0. The van der Waals surface area contributed by atoms with Crippen LogP contribution >= 0.6 is 0 Å². The number of nitrogens with one attached hydrogen (secondary N) is 1. The Morgan fingerprint density at radius 2 is 1.88 bits per heavy atom. The van der Waals surface area contributed by atoms with Crippen LogP contribution in [-0.2, 0) is 29.0 Å². The van der Waals surface area contributed by atoms with Crippen molar-refractivity contribution in [2.75, 3.05) is 26.4 Å². The molecule has 40 heavy (non-hydrogen) atoms. The van der Waals surface area contributed by atoms with Gasteiger partial charge in [0.2, 0.25) is 0 Å². The minimum absolute atomic E-state index is 0.0693. The molecule has 2 aromatic heterocycles. The number of fused-ring (bicyclic) bond motifs is 2. The van der Waals surface area contributed by atoms with E-state index in [4.69, 9.17) is 14.2 Å². The van der Waals surface area contributed by atoms with E-state index in [1.54, 1.807) is 6.92 Å². The van der Waals surface area contributed by atoms with Gasteiger partial charge < -0.3 is 19.2 Å². The second-order valence-electron chi connectivity index (χ2n) is 10.1. The minimum atomic E-state index is -0.408. The summed E-state index contributed by atoms with van der Waals surface area (Å²) in [6.45, 7) is 8.06. The maximum absolute atomic E-state index is 13.3. The number of hydrogen-bond donors (Lipinski definition) is 1. The number of ether oxygens (including phenoxy) is 3. The quantitative estimate of drug-likeness (QED) is 0.282. The summed E-state index contributed by atoms with van der Waals surface area (Å²) in [5.41, 5.74) is 2.29. The molecule has 0 unspecified atom stereocenters. The number of aromatic nitrogens is 5. The van der Waals surface area contributed by atoms with E-state index in [-0.39, 0.29) is 30.7 Å². The molecule has 3 heterocycles. The second kappa shape index (κ2) is 12.3. The van der Waals surface area contributed by atoms with E-state index in [0.29, 0.717) is 54.7 Å². The van der Waals surface area contributed by atoms with Crippen molar-refractivity contribution in [3.05, 3.63) is 75.8 Å². The number of pyridine rings is 1. The SMILES string of the molecule is CCOC(=O)Cn1nnnc1[C@@H](C(C)C)N(CCc1ccccc1)Cc1cc2cc3c(cc2[nH]c1=O)OCCO3. The fraction of sp³-hybridized carbons (Fsp3) is 0.414. The Bertz CT molecular complexity index is 1520. The maximum Gasteiger partial charge on any atom is 0.327 e. The second-order valence-corrected chi connectivity index (χ2v) is 10.1.